The van der Waals surface area contributed by atoms with Crippen LogP contribution in [-0.2, 0) is 9.53 Å². The van der Waals surface area contributed by atoms with Crippen LogP contribution in [0.3, 0.4) is 0 Å². The molecule has 4 heteroatoms. The Balaban J connectivity index is 2.03. The van der Waals surface area contributed by atoms with Crippen LogP contribution in [0.5, 0.6) is 0 Å². The van der Waals surface area contributed by atoms with Crippen LogP contribution in [0.15, 0.2) is 0 Å². The third-order valence-electron chi connectivity index (χ3n) is 3.47. The molecule has 0 radical (unpaired) electrons. The van der Waals surface area contributed by atoms with Gasteiger partial charge in [-0.15, -0.1) is 0 Å². The van der Waals surface area contributed by atoms with Crippen LogP contribution in [0.1, 0.15) is 25.7 Å². The lowest BCUT2D eigenvalue weighted by Crippen LogP contribution is -2.59. The number of nitrogens with one attached hydrogen (secondary N) is 1. The van der Waals surface area contributed by atoms with Gasteiger partial charge in [-0.1, -0.05) is 0 Å². The van der Waals surface area contributed by atoms with Gasteiger partial charge in [0.25, 0.3) is 0 Å². The SMILES string of the molecule is COC(=O)C1(NC2CC2)CCN(C)CC1. The Hall–Kier alpha value is -0.610. The Bertz CT molecular complexity index is 243. The fraction of sp³-hybridized carbons (Fsp3) is 0.909. The van der Waals surface area contributed by atoms with E-state index in [4.69, 9.17) is 4.74 Å². The van der Waals surface area contributed by atoms with Crippen LogP contribution in [0.2, 0.25) is 0 Å². The highest BCUT2D eigenvalue weighted by molar-refractivity contribution is 5.81. The lowest BCUT2D eigenvalue weighted by Gasteiger charge is -2.39. The maximum Gasteiger partial charge on any atom is 0.326 e. The molecule has 4 nitrogen and oxygen atoms in total. The van der Waals surface area contributed by atoms with Crippen molar-refractivity contribution in [3.05, 3.63) is 0 Å². The van der Waals surface area contributed by atoms with Gasteiger partial charge in [-0.25, -0.2) is 0 Å². The van der Waals surface area contributed by atoms with Crippen molar-refractivity contribution in [3.8, 4) is 0 Å². The summed E-state index contributed by atoms with van der Waals surface area (Å²) in [6.07, 6.45) is 4.14. The molecule has 1 saturated carbocycles. The van der Waals surface area contributed by atoms with Crippen molar-refractivity contribution in [1.29, 1.82) is 0 Å². The molecule has 2 aliphatic rings. The van der Waals surface area contributed by atoms with Crippen molar-refractivity contribution < 1.29 is 9.53 Å². The van der Waals surface area contributed by atoms with Gasteiger partial charge in [0, 0.05) is 19.1 Å². The summed E-state index contributed by atoms with van der Waals surface area (Å²) in [5.41, 5.74) is -0.400. The number of methoxy groups -OCH3 is 1. The summed E-state index contributed by atoms with van der Waals surface area (Å²) in [6, 6.07) is 0.549. The average molecular weight is 212 g/mol. The molecule has 0 aromatic rings. The third kappa shape index (κ3) is 2.32. The Morgan fingerprint density at radius 3 is 2.47 bits per heavy atom. The summed E-state index contributed by atoms with van der Waals surface area (Å²) in [7, 11) is 3.58. The molecule has 0 bridgehead atoms. The van der Waals surface area contributed by atoms with E-state index in [2.05, 4.69) is 17.3 Å². The van der Waals surface area contributed by atoms with Gasteiger partial charge in [0.1, 0.15) is 5.54 Å². The number of ether oxygens (including phenoxy) is 1. The van der Waals surface area contributed by atoms with E-state index < -0.39 is 5.54 Å². The van der Waals surface area contributed by atoms with Crippen LogP contribution >= 0.6 is 0 Å². The van der Waals surface area contributed by atoms with Gasteiger partial charge >= 0.3 is 5.97 Å². The monoisotopic (exact) mass is 212 g/mol. The molecule has 86 valence electrons. The molecule has 0 atom stereocenters. The highest BCUT2D eigenvalue weighted by Gasteiger charge is 2.44. The lowest BCUT2D eigenvalue weighted by atomic mass is 9.87. The normalized spacial score (nSPS) is 26.3. The largest absolute Gasteiger partial charge is 0.468 e. The Morgan fingerprint density at radius 1 is 1.40 bits per heavy atom. The molecule has 1 aliphatic heterocycles. The predicted octanol–water partition coefficient (Wildman–Crippen LogP) is 0.376. The minimum atomic E-state index is -0.400. The standard InChI is InChI=1S/C11H20N2O2/c1-13-7-5-11(6-8-13,10(14)15-2)12-9-3-4-9/h9,12H,3-8H2,1-2H3. The molecular weight excluding hydrogens is 192 g/mol. The number of hydrogen-bond acceptors (Lipinski definition) is 4. The van der Waals surface area contributed by atoms with Crippen LogP contribution < -0.4 is 5.32 Å². The molecule has 1 heterocycles. The number of esters is 1. The quantitative estimate of drug-likeness (QED) is 0.687. The molecule has 1 saturated heterocycles. The molecule has 15 heavy (non-hydrogen) atoms. The summed E-state index contributed by atoms with van der Waals surface area (Å²) < 4.78 is 4.94. The molecule has 0 amide bonds. The summed E-state index contributed by atoms with van der Waals surface area (Å²) >= 11 is 0. The van der Waals surface area contributed by atoms with E-state index in [1.165, 1.54) is 20.0 Å². The van der Waals surface area contributed by atoms with Crippen LogP contribution in [0.4, 0.5) is 0 Å². The highest BCUT2D eigenvalue weighted by Crippen LogP contribution is 2.29. The summed E-state index contributed by atoms with van der Waals surface area (Å²) in [6.45, 7) is 1.93. The molecule has 1 N–H and O–H groups in total. The van der Waals surface area contributed by atoms with E-state index in [-0.39, 0.29) is 5.97 Å². The Labute approximate surface area is 91.0 Å². The van der Waals surface area contributed by atoms with E-state index in [1.807, 2.05) is 0 Å². The summed E-state index contributed by atoms with van der Waals surface area (Å²) in [5.74, 6) is -0.0810. The fourth-order valence-electron chi connectivity index (χ4n) is 2.22. The van der Waals surface area contributed by atoms with Gasteiger partial charge in [-0.3, -0.25) is 10.1 Å². The van der Waals surface area contributed by atoms with Gasteiger partial charge in [-0.2, -0.15) is 0 Å². The van der Waals surface area contributed by atoms with Crippen molar-refractivity contribution in [2.75, 3.05) is 27.2 Å². The second-order valence-corrected chi connectivity index (χ2v) is 4.80. The molecule has 1 aliphatic carbocycles. The number of likely N-dealkylation sites (tertiary alicyclic amines) is 1. The number of carbonyl (C=O) groups excluding carboxylic acids is 1. The van der Waals surface area contributed by atoms with E-state index in [0.717, 1.165) is 25.9 Å². The topological polar surface area (TPSA) is 41.6 Å². The van der Waals surface area contributed by atoms with Gasteiger partial charge in [-0.05, 0) is 32.7 Å². The maximum absolute atomic E-state index is 11.9. The van der Waals surface area contributed by atoms with Crippen molar-refractivity contribution >= 4 is 5.97 Å². The molecule has 2 rings (SSSR count). The first-order chi connectivity index (χ1) is 7.16. The fourth-order valence-corrected chi connectivity index (χ4v) is 2.22. The second-order valence-electron chi connectivity index (χ2n) is 4.80. The van der Waals surface area contributed by atoms with Crippen molar-refractivity contribution in [2.45, 2.75) is 37.3 Å². The zero-order chi connectivity index (χ0) is 10.9. The van der Waals surface area contributed by atoms with E-state index >= 15 is 0 Å². The molecule has 0 spiro atoms. The number of nitrogens with zero attached hydrogens (tertiary/aromatic N) is 1. The minimum Gasteiger partial charge on any atom is -0.468 e. The van der Waals surface area contributed by atoms with Crippen LogP contribution in [0, 0.1) is 0 Å². The van der Waals surface area contributed by atoms with Gasteiger partial charge in [0.15, 0.2) is 0 Å². The zero-order valence-corrected chi connectivity index (χ0v) is 9.58. The number of piperidine rings is 1. The smallest absolute Gasteiger partial charge is 0.326 e. The number of carbonyl (C=O) groups is 1. The molecule has 0 aromatic carbocycles. The van der Waals surface area contributed by atoms with E-state index in [1.54, 1.807) is 0 Å². The van der Waals surface area contributed by atoms with E-state index in [9.17, 15) is 4.79 Å². The lowest BCUT2D eigenvalue weighted by molar-refractivity contribution is -0.150. The summed E-state index contributed by atoms with van der Waals surface area (Å²) in [4.78, 5) is 14.1. The highest BCUT2D eigenvalue weighted by atomic mass is 16.5. The molecule has 0 unspecified atom stereocenters. The van der Waals surface area contributed by atoms with Crippen molar-refractivity contribution in [2.24, 2.45) is 0 Å². The zero-order valence-electron chi connectivity index (χ0n) is 9.58. The van der Waals surface area contributed by atoms with Gasteiger partial charge in [0.05, 0.1) is 7.11 Å². The Morgan fingerprint density at radius 2 is 2.00 bits per heavy atom. The molecular formula is C11H20N2O2. The molecule has 0 aromatic heterocycles. The van der Waals surface area contributed by atoms with Gasteiger partial charge < -0.3 is 9.64 Å². The van der Waals surface area contributed by atoms with E-state index in [0.29, 0.717) is 6.04 Å². The average Bonchev–Trinajstić information content (AvgIpc) is 3.04. The maximum atomic E-state index is 11.9. The van der Waals surface area contributed by atoms with Crippen LogP contribution in [0.25, 0.3) is 0 Å². The number of hydrogen-bond donors (Lipinski definition) is 1. The van der Waals surface area contributed by atoms with Crippen LogP contribution in [-0.4, -0.2) is 49.7 Å². The summed E-state index contributed by atoms with van der Waals surface area (Å²) in [5, 5.41) is 3.48. The predicted molar refractivity (Wildman–Crippen MR) is 57.6 cm³/mol. The van der Waals surface area contributed by atoms with Crippen molar-refractivity contribution in [3.63, 3.8) is 0 Å². The Kier molecular flexibility index (Phi) is 2.98. The number of rotatable bonds is 3. The third-order valence-corrected chi connectivity index (χ3v) is 3.47. The van der Waals surface area contributed by atoms with Gasteiger partial charge in [0.2, 0.25) is 0 Å². The first-order valence-electron chi connectivity index (χ1n) is 5.71. The van der Waals surface area contributed by atoms with Crippen molar-refractivity contribution in [1.82, 2.24) is 10.2 Å². The minimum absolute atomic E-state index is 0.0810. The first-order valence-corrected chi connectivity index (χ1v) is 5.71. The first kappa shape index (κ1) is 10.9. The second kappa shape index (κ2) is 4.10. The molecule has 2 fully saturated rings.